The molecule has 1 fully saturated rings. The van der Waals surface area contributed by atoms with Crippen LogP contribution in [0, 0.1) is 17.1 Å². The van der Waals surface area contributed by atoms with Gasteiger partial charge in [0.15, 0.2) is 0 Å². The fourth-order valence-corrected chi connectivity index (χ4v) is 2.87. The van der Waals surface area contributed by atoms with Gasteiger partial charge < -0.3 is 15.5 Å². The monoisotopic (exact) mass is 324 g/mol. The molecule has 3 rings (SSSR count). The standard InChI is InChI=1S/C18H17FN4O/c19-15-3-1-2-13(10-15)18(24)23-8-6-22(7-9-23)17-5-4-16(21)11-14(17)12-20/h1-5,10-11H,6-9,21H2. The summed E-state index contributed by atoms with van der Waals surface area (Å²) in [7, 11) is 0. The van der Waals surface area contributed by atoms with E-state index in [9.17, 15) is 14.4 Å². The van der Waals surface area contributed by atoms with Crippen molar-refractivity contribution in [1.29, 1.82) is 5.26 Å². The molecule has 1 amide bonds. The first-order chi connectivity index (χ1) is 11.6. The lowest BCUT2D eigenvalue weighted by Gasteiger charge is -2.36. The van der Waals surface area contributed by atoms with Crippen LogP contribution in [0.1, 0.15) is 15.9 Å². The SMILES string of the molecule is N#Cc1cc(N)ccc1N1CCN(C(=O)c2cccc(F)c2)CC1. The number of amides is 1. The Kier molecular flexibility index (Phi) is 4.34. The van der Waals surface area contributed by atoms with E-state index in [4.69, 9.17) is 5.73 Å². The van der Waals surface area contributed by atoms with Gasteiger partial charge in [0.2, 0.25) is 0 Å². The highest BCUT2D eigenvalue weighted by molar-refractivity contribution is 5.94. The number of hydrogen-bond acceptors (Lipinski definition) is 4. The number of nitriles is 1. The topological polar surface area (TPSA) is 73.4 Å². The van der Waals surface area contributed by atoms with Crippen LogP contribution >= 0.6 is 0 Å². The van der Waals surface area contributed by atoms with Crippen LogP contribution in [0.3, 0.4) is 0 Å². The highest BCUT2D eigenvalue weighted by atomic mass is 19.1. The number of halogens is 1. The molecule has 0 radical (unpaired) electrons. The summed E-state index contributed by atoms with van der Waals surface area (Å²) in [5.41, 5.74) is 7.98. The number of carbonyl (C=O) groups is 1. The number of piperazine rings is 1. The fourth-order valence-electron chi connectivity index (χ4n) is 2.87. The smallest absolute Gasteiger partial charge is 0.254 e. The lowest BCUT2D eigenvalue weighted by molar-refractivity contribution is 0.0746. The Morgan fingerprint density at radius 1 is 1.12 bits per heavy atom. The molecule has 1 aliphatic heterocycles. The van der Waals surface area contributed by atoms with Crippen LogP contribution in [0.5, 0.6) is 0 Å². The van der Waals surface area contributed by atoms with Crippen LogP contribution in [0.15, 0.2) is 42.5 Å². The molecule has 5 nitrogen and oxygen atoms in total. The molecule has 2 aromatic rings. The van der Waals surface area contributed by atoms with E-state index >= 15 is 0 Å². The summed E-state index contributed by atoms with van der Waals surface area (Å²) in [6.07, 6.45) is 0. The van der Waals surface area contributed by atoms with Gasteiger partial charge in [0, 0.05) is 37.4 Å². The molecular weight excluding hydrogens is 307 g/mol. The zero-order chi connectivity index (χ0) is 17.1. The van der Waals surface area contributed by atoms with E-state index in [-0.39, 0.29) is 5.91 Å². The zero-order valence-corrected chi connectivity index (χ0v) is 13.1. The molecular formula is C18H17FN4O. The third kappa shape index (κ3) is 3.15. The minimum Gasteiger partial charge on any atom is -0.399 e. The second kappa shape index (κ2) is 6.59. The second-order valence-electron chi connectivity index (χ2n) is 5.68. The van der Waals surface area contributed by atoms with E-state index in [1.54, 1.807) is 23.1 Å². The number of rotatable bonds is 2. The van der Waals surface area contributed by atoms with E-state index in [1.165, 1.54) is 18.2 Å². The molecule has 1 aliphatic rings. The maximum Gasteiger partial charge on any atom is 0.254 e. The molecule has 0 atom stereocenters. The number of anilines is 2. The van der Waals surface area contributed by atoms with Crippen molar-refractivity contribution in [1.82, 2.24) is 4.90 Å². The lowest BCUT2D eigenvalue weighted by atomic mass is 10.1. The van der Waals surface area contributed by atoms with Crippen LogP contribution < -0.4 is 10.6 Å². The van der Waals surface area contributed by atoms with Crippen molar-refractivity contribution >= 4 is 17.3 Å². The molecule has 0 spiro atoms. The summed E-state index contributed by atoms with van der Waals surface area (Å²) in [6, 6.07) is 13.1. The molecule has 24 heavy (non-hydrogen) atoms. The molecule has 122 valence electrons. The third-order valence-electron chi connectivity index (χ3n) is 4.12. The summed E-state index contributed by atoms with van der Waals surface area (Å²) >= 11 is 0. The molecule has 1 heterocycles. The first kappa shape index (κ1) is 15.8. The van der Waals surface area contributed by atoms with Gasteiger partial charge in [-0.25, -0.2) is 4.39 Å². The van der Waals surface area contributed by atoms with E-state index < -0.39 is 5.82 Å². The summed E-state index contributed by atoms with van der Waals surface area (Å²) in [4.78, 5) is 16.2. The predicted molar refractivity (Wildman–Crippen MR) is 90.1 cm³/mol. The number of nitrogen functional groups attached to an aromatic ring is 1. The Labute approximate surface area is 139 Å². The number of carbonyl (C=O) groups excluding carboxylic acids is 1. The largest absolute Gasteiger partial charge is 0.399 e. The van der Waals surface area contributed by atoms with Crippen molar-refractivity contribution < 1.29 is 9.18 Å². The number of hydrogen-bond donors (Lipinski definition) is 1. The molecule has 6 heteroatoms. The zero-order valence-electron chi connectivity index (χ0n) is 13.1. The van der Waals surface area contributed by atoms with Crippen LogP contribution in [0.4, 0.5) is 15.8 Å². The minimum absolute atomic E-state index is 0.174. The Morgan fingerprint density at radius 2 is 1.88 bits per heavy atom. The minimum atomic E-state index is -0.417. The normalized spacial score (nSPS) is 14.3. The quantitative estimate of drug-likeness (QED) is 0.860. The highest BCUT2D eigenvalue weighted by Crippen LogP contribution is 2.24. The van der Waals surface area contributed by atoms with Crippen LogP contribution in [-0.4, -0.2) is 37.0 Å². The summed E-state index contributed by atoms with van der Waals surface area (Å²) in [5, 5.41) is 9.26. The molecule has 0 saturated carbocycles. The van der Waals surface area contributed by atoms with Gasteiger partial charge in [-0.1, -0.05) is 6.07 Å². The first-order valence-corrected chi connectivity index (χ1v) is 7.68. The van der Waals surface area contributed by atoms with Crippen molar-refractivity contribution in [2.45, 2.75) is 0 Å². The van der Waals surface area contributed by atoms with Crippen LogP contribution in [-0.2, 0) is 0 Å². The van der Waals surface area contributed by atoms with Crippen molar-refractivity contribution in [3.63, 3.8) is 0 Å². The fraction of sp³-hybridized carbons (Fsp3) is 0.222. The average molecular weight is 324 g/mol. The molecule has 0 unspecified atom stereocenters. The highest BCUT2D eigenvalue weighted by Gasteiger charge is 2.23. The van der Waals surface area contributed by atoms with Gasteiger partial charge >= 0.3 is 0 Å². The molecule has 1 saturated heterocycles. The molecule has 2 N–H and O–H groups in total. The lowest BCUT2D eigenvalue weighted by Crippen LogP contribution is -2.49. The van der Waals surface area contributed by atoms with Gasteiger partial charge in [0.25, 0.3) is 5.91 Å². The van der Waals surface area contributed by atoms with Crippen molar-refractivity contribution in [2.24, 2.45) is 0 Å². The van der Waals surface area contributed by atoms with Crippen LogP contribution in [0.25, 0.3) is 0 Å². The molecule has 0 aliphatic carbocycles. The number of nitrogens with two attached hydrogens (primary N) is 1. The van der Waals surface area contributed by atoms with Gasteiger partial charge in [0.1, 0.15) is 11.9 Å². The summed E-state index contributed by atoms with van der Waals surface area (Å²) in [6.45, 7) is 2.26. The van der Waals surface area contributed by atoms with Crippen molar-refractivity contribution in [2.75, 3.05) is 36.8 Å². The van der Waals surface area contributed by atoms with E-state index in [0.29, 0.717) is 43.0 Å². The maximum atomic E-state index is 13.3. The summed E-state index contributed by atoms with van der Waals surface area (Å²) < 4.78 is 13.3. The van der Waals surface area contributed by atoms with E-state index in [1.807, 2.05) is 6.07 Å². The molecule has 2 aromatic carbocycles. The Morgan fingerprint density at radius 3 is 2.54 bits per heavy atom. The van der Waals surface area contributed by atoms with Crippen molar-refractivity contribution in [3.05, 3.63) is 59.4 Å². The van der Waals surface area contributed by atoms with Gasteiger partial charge in [-0.3, -0.25) is 4.79 Å². The second-order valence-corrected chi connectivity index (χ2v) is 5.68. The van der Waals surface area contributed by atoms with Gasteiger partial charge in [-0.15, -0.1) is 0 Å². The number of nitrogens with zero attached hydrogens (tertiary/aromatic N) is 3. The van der Waals surface area contributed by atoms with Crippen molar-refractivity contribution in [3.8, 4) is 6.07 Å². The number of benzene rings is 2. The Hall–Kier alpha value is -3.07. The average Bonchev–Trinajstić information content (AvgIpc) is 2.61. The maximum absolute atomic E-state index is 13.3. The first-order valence-electron chi connectivity index (χ1n) is 7.68. The van der Waals surface area contributed by atoms with E-state index in [0.717, 1.165) is 5.69 Å². The van der Waals surface area contributed by atoms with Crippen LogP contribution in [0.2, 0.25) is 0 Å². The Balaban J connectivity index is 1.70. The third-order valence-corrected chi connectivity index (χ3v) is 4.12. The summed E-state index contributed by atoms with van der Waals surface area (Å²) in [5.74, 6) is -0.591. The molecule has 0 bridgehead atoms. The van der Waals surface area contributed by atoms with E-state index in [2.05, 4.69) is 11.0 Å². The Bertz CT molecular complexity index is 807. The van der Waals surface area contributed by atoms with Gasteiger partial charge in [-0.05, 0) is 36.4 Å². The predicted octanol–water partition coefficient (Wildman–Crippen LogP) is 2.24. The van der Waals surface area contributed by atoms with Gasteiger partial charge in [-0.2, -0.15) is 5.26 Å². The molecule has 0 aromatic heterocycles. The van der Waals surface area contributed by atoms with Gasteiger partial charge in [0.05, 0.1) is 11.3 Å².